The lowest BCUT2D eigenvalue weighted by atomic mass is 9.79. The average Bonchev–Trinajstić information content (AvgIpc) is 2.78. The Morgan fingerprint density at radius 2 is 1.95 bits per heavy atom. The van der Waals surface area contributed by atoms with Crippen molar-refractivity contribution >= 4 is 5.97 Å². The predicted molar refractivity (Wildman–Crippen MR) is 71.5 cm³/mol. The summed E-state index contributed by atoms with van der Waals surface area (Å²) in [6.07, 6.45) is 0. The quantitative estimate of drug-likeness (QED) is 0.918. The smallest absolute Gasteiger partial charge is 0.358 e. The lowest BCUT2D eigenvalue weighted by molar-refractivity contribution is 0.0685. The zero-order chi connectivity index (χ0) is 14.2. The third kappa shape index (κ3) is 2.38. The Balaban J connectivity index is 2.48. The number of aryl methyl sites for hydroxylation is 2. The monoisotopic (exact) mass is 259 g/mol. The van der Waals surface area contributed by atoms with Crippen molar-refractivity contribution in [1.82, 2.24) is 5.16 Å². The number of benzene rings is 1. The highest BCUT2D eigenvalue weighted by Gasteiger charge is 2.30. The molecule has 100 valence electrons. The molecule has 1 aromatic heterocycles. The lowest BCUT2D eigenvalue weighted by Gasteiger charge is -2.24. The molecule has 0 saturated carbocycles. The van der Waals surface area contributed by atoms with Crippen molar-refractivity contribution in [3.8, 4) is 0 Å². The van der Waals surface area contributed by atoms with Crippen LogP contribution in [-0.4, -0.2) is 16.2 Å². The molecule has 0 aliphatic heterocycles. The Morgan fingerprint density at radius 3 is 2.47 bits per heavy atom. The number of carboxylic acids is 1. The molecule has 2 aromatic rings. The van der Waals surface area contributed by atoms with E-state index in [0.29, 0.717) is 5.76 Å². The van der Waals surface area contributed by atoms with Crippen molar-refractivity contribution in [2.24, 2.45) is 0 Å². The van der Waals surface area contributed by atoms with Gasteiger partial charge in [0.05, 0.1) is 5.41 Å². The summed E-state index contributed by atoms with van der Waals surface area (Å²) in [5.74, 6) is -0.525. The number of hydrogen-bond donors (Lipinski definition) is 1. The van der Waals surface area contributed by atoms with Crippen molar-refractivity contribution < 1.29 is 14.4 Å². The highest BCUT2D eigenvalue weighted by molar-refractivity contribution is 5.85. The number of hydrogen-bond acceptors (Lipinski definition) is 3. The second-order valence-corrected chi connectivity index (χ2v) is 5.32. The van der Waals surface area contributed by atoms with Gasteiger partial charge < -0.3 is 9.63 Å². The van der Waals surface area contributed by atoms with Gasteiger partial charge in [0.1, 0.15) is 5.76 Å². The minimum atomic E-state index is -1.08. The zero-order valence-electron chi connectivity index (χ0n) is 11.5. The van der Waals surface area contributed by atoms with E-state index in [1.165, 1.54) is 11.6 Å². The van der Waals surface area contributed by atoms with Gasteiger partial charge in [-0.1, -0.05) is 28.9 Å². The van der Waals surface area contributed by atoms with Gasteiger partial charge in [0.2, 0.25) is 0 Å². The maximum Gasteiger partial charge on any atom is 0.358 e. The zero-order valence-corrected chi connectivity index (χ0v) is 11.5. The van der Waals surface area contributed by atoms with Gasteiger partial charge in [-0.05, 0) is 38.8 Å². The van der Waals surface area contributed by atoms with Gasteiger partial charge >= 0.3 is 5.97 Å². The normalized spacial score (nSPS) is 11.6. The summed E-state index contributed by atoms with van der Waals surface area (Å²) in [5, 5.41) is 12.5. The van der Waals surface area contributed by atoms with Crippen LogP contribution in [0.15, 0.2) is 28.8 Å². The molecule has 4 heteroatoms. The van der Waals surface area contributed by atoms with Crippen LogP contribution in [0.2, 0.25) is 0 Å². The minimum absolute atomic E-state index is 0.0622. The van der Waals surface area contributed by atoms with E-state index < -0.39 is 11.4 Å². The molecular formula is C15H17NO3. The average molecular weight is 259 g/mol. The number of carbonyl (C=O) groups is 1. The molecule has 0 fully saturated rings. The first kappa shape index (κ1) is 13.3. The number of aromatic nitrogens is 1. The Morgan fingerprint density at radius 1 is 1.26 bits per heavy atom. The summed E-state index contributed by atoms with van der Waals surface area (Å²) < 4.78 is 5.20. The molecule has 0 unspecified atom stereocenters. The van der Waals surface area contributed by atoms with Crippen LogP contribution < -0.4 is 0 Å². The maximum atomic E-state index is 10.9. The fourth-order valence-electron chi connectivity index (χ4n) is 2.32. The van der Waals surface area contributed by atoms with E-state index in [-0.39, 0.29) is 5.69 Å². The van der Waals surface area contributed by atoms with Gasteiger partial charge in [-0.15, -0.1) is 0 Å². The van der Waals surface area contributed by atoms with Crippen LogP contribution in [0.4, 0.5) is 0 Å². The first-order valence-electron chi connectivity index (χ1n) is 6.10. The maximum absolute atomic E-state index is 10.9. The third-order valence-corrected chi connectivity index (χ3v) is 3.40. The van der Waals surface area contributed by atoms with Crippen molar-refractivity contribution in [3.63, 3.8) is 0 Å². The van der Waals surface area contributed by atoms with Crippen LogP contribution in [0.5, 0.6) is 0 Å². The summed E-state index contributed by atoms with van der Waals surface area (Å²) in [6.45, 7) is 8.08. The van der Waals surface area contributed by atoms with E-state index in [1.807, 2.05) is 39.8 Å². The molecule has 2 rings (SSSR count). The Hall–Kier alpha value is -2.10. The van der Waals surface area contributed by atoms with Crippen LogP contribution in [-0.2, 0) is 5.41 Å². The van der Waals surface area contributed by atoms with E-state index in [0.717, 1.165) is 11.1 Å². The molecule has 0 saturated heterocycles. The van der Waals surface area contributed by atoms with E-state index in [1.54, 1.807) is 0 Å². The molecule has 0 atom stereocenters. The molecule has 19 heavy (non-hydrogen) atoms. The fourth-order valence-corrected chi connectivity index (χ4v) is 2.32. The molecule has 0 radical (unpaired) electrons. The molecule has 1 aromatic carbocycles. The summed E-state index contributed by atoms with van der Waals surface area (Å²) in [6, 6.07) is 7.68. The summed E-state index contributed by atoms with van der Waals surface area (Å²) >= 11 is 0. The number of carboxylic acid groups (broad SMARTS) is 1. The van der Waals surface area contributed by atoms with Crippen LogP contribution in [0, 0.1) is 13.8 Å². The first-order valence-corrected chi connectivity index (χ1v) is 6.10. The Kier molecular flexibility index (Phi) is 3.18. The predicted octanol–water partition coefficient (Wildman–Crippen LogP) is 3.32. The van der Waals surface area contributed by atoms with Crippen molar-refractivity contribution in [2.45, 2.75) is 33.1 Å². The van der Waals surface area contributed by atoms with Gasteiger partial charge in [-0.3, -0.25) is 0 Å². The largest absolute Gasteiger partial charge is 0.476 e. The van der Waals surface area contributed by atoms with Crippen LogP contribution in [0.25, 0.3) is 0 Å². The van der Waals surface area contributed by atoms with E-state index in [4.69, 9.17) is 9.63 Å². The summed E-state index contributed by atoms with van der Waals surface area (Å²) in [4.78, 5) is 10.9. The minimum Gasteiger partial charge on any atom is -0.476 e. The molecular weight excluding hydrogens is 242 g/mol. The number of rotatable bonds is 3. The van der Waals surface area contributed by atoms with Gasteiger partial charge in [-0.2, -0.15) is 0 Å². The molecule has 0 amide bonds. The summed E-state index contributed by atoms with van der Waals surface area (Å²) in [5.41, 5.74) is 2.97. The second kappa shape index (κ2) is 4.53. The van der Waals surface area contributed by atoms with Gasteiger partial charge in [0.15, 0.2) is 5.69 Å². The van der Waals surface area contributed by atoms with Crippen LogP contribution in [0.1, 0.15) is 46.8 Å². The topological polar surface area (TPSA) is 63.3 Å². The second-order valence-electron chi connectivity index (χ2n) is 5.32. The first-order chi connectivity index (χ1) is 8.82. The Labute approximate surface area is 112 Å². The van der Waals surface area contributed by atoms with Gasteiger partial charge in [-0.25, -0.2) is 4.79 Å². The number of nitrogens with zero attached hydrogens (tertiary/aromatic N) is 1. The van der Waals surface area contributed by atoms with Crippen molar-refractivity contribution in [2.75, 3.05) is 0 Å². The van der Waals surface area contributed by atoms with Gasteiger partial charge in [0, 0.05) is 6.07 Å². The molecule has 1 heterocycles. The van der Waals surface area contributed by atoms with E-state index >= 15 is 0 Å². The SMILES string of the molecule is Cc1ccc(C(C)(C)c2cc(C(=O)O)no2)c(C)c1. The summed E-state index contributed by atoms with van der Waals surface area (Å²) in [7, 11) is 0. The Bertz CT molecular complexity index is 626. The van der Waals surface area contributed by atoms with Crippen molar-refractivity contribution in [1.29, 1.82) is 0 Å². The number of aromatic carboxylic acids is 1. The standard InChI is InChI=1S/C15H17NO3/c1-9-5-6-11(10(2)7-9)15(3,4)13-8-12(14(17)18)16-19-13/h5-8H,1-4H3,(H,17,18). The van der Waals surface area contributed by atoms with Crippen molar-refractivity contribution in [3.05, 3.63) is 52.4 Å². The van der Waals surface area contributed by atoms with Crippen LogP contribution in [0.3, 0.4) is 0 Å². The molecule has 0 aliphatic carbocycles. The third-order valence-electron chi connectivity index (χ3n) is 3.40. The van der Waals surface area contributed by atoms with E-state index in [9.17, 15) is 4.79 Å². The van der Waals surface area contributed by atoms with E-state index in [2.05, 4.69) is 11.2 Å². The fraction of sp³-hybridized carbons (Fsp3) is 0.333. The van der Waals surface area contributed by atoms with Gasteiger partial charge in [0.25, 0.3) is 0 Å². The molecule has 1 N–H and O–H groups in total. The highest BCUT2D eigenvalue weighted by atomic mass is 16.5. The lowest BCUT2D eigenvalue weighted by Crippen LogP contribution is -2.19. The molecule has 0 spiro atoms. The van der Waals surface area contributed by atoms with Crippen LogP contribution >= 0.6 is 0 Å². The molecule has 4 nitrogen and oxygen atoms in total. The molecule has 0 bridgehead atoms. The molecule has 0 aliphatic rings. The highest BCUT2D eigenvalue weighted by Crippen LogP contribution is 2.34.